The zero-order valence-electron chi connectivity index (χ0n) is 12.1. The highest BCUT2D eigenvalue weighted by molar-refractivity contribution is 5.88. The van der Waals surface area contributed by atoms with Gasteiger partial charge in [0.25, 0.3) is 0 Å². The van der Waals surface area contributed by atoms with Crippen LogP contribution in [0.15, 0.2) is 30.5 Å². The van der Waals surface area contributed by atoms with Crippen LogP contribution in [0.5, 0.6) is 0 Å². The lowest BCUT2D eigenvalue weighted by Gasteiger charge is -2.11. The molecule has 1 aromatic carbocycles. The summed E-state index contributed by atoms with van der Waals surface area (Å²) in [6, 6.07) is 7.95. The van der Waals surface area contributed by atoms with Gasteiger partial charge in [0, 0.05) is 49.6 Å². The van der Waals surface area contributed by atoms with E-state index in [0.29, 0.717) is 19.4 Å². The highest BCUT2D eigenvalue weighted by Crippen LogP contribution is 2.18. The molecule has 1 atom stereocenters. The number of aromatic nitrogens is 1. The fourth-order valence-corrected chi connectivity index (χ4v) is 2.86. The fourth-order valence-electron chi connectivity index (χ4n) is 2.86. The van der Waals surface area contributed by atoms with Crippen LogP contribution in [0.3, 0.4) is 0 Å². The quantitative estimate of drug-likeness (QED) is 0.889. The summed E-state index contributed by atoms with van der Waals surface area (Å²) >= 11 is 0. The van der Waals surface area contributed by atoms with E-state index in [1.807, 2.05) is 30.5 Å². The molecular formula is C16H19N3O2. The van der Waals surface area contributed by atoms with Crippen molar-refractivity contribution < 1.29 is 9.59 Å². The van der Waals surface area contributed by atoms with Crippen LogP contribution >= 0.6 is 0 Å². The van der Waals surface area contributed by atoms with Gasteiger partial charge in [-0.2, -0.15) is 0 Å². The Morgan fingerprint density at radius 2 is 2.24 bits per heavy atom. The number of hydrogen-bond donors (Lipinski definition) is 2. The third-order valence-electron chi connectivity index (χ3n) is 4.03. The van der Waals surface area contributed by atoms with Crippen molar-refractivity contribution >= 4 is 22.7 Å². The number of carbonyl (C=O) groups is 2. The first-order valence-corrected chi connectivity index (χ1v) is 7.19. The van der Waals surface area contributed by atoms with E-state index in [0.717, 1.165) is 23.0 Å². The monoisotopic (exact) mass is 285 g/mol. The van der Waals surface area contributed by atoms with E-state index in [9.17, 15) is 9.59 Å². The van der Waals surface area contributed by atoms with Gasteiger partial charge in [0.15, 0.2) is 0 Å². The minimum Gasteiger partial charge on any atom is -0.361 e. The van der Waals surface area contributed by atoms with E-state index >= 15 is 0 Å². The summed E-state index contributed by atoms with van der Waals surface area (Å²) in [6.45, 7) is 1.30. The largest absolute Gasteiger partial charge is 0.361 e. The lowest BCUT2D eigenvalue weighted by atomic mass is 10.1. The van der Waals surface area contributed by atoms with Gasteiger partial charge >= 0.3 is 0 Å². The fraction of sp³-hybridized carbons (Fsp3) is 0.375. The Kier molecular flexibility index (Phi) is 3.64. The predicted octanol–water partition coefficient (Wildman–Crippen LogP) is 1.30. The lowest BCUT2D eigenvalue weighted by molar-refractivity contribution is -0.126. The number of benzene rings is 1. The zero-order chi connectivity index (χ0) is 14.8. The third kappa shape index (κ3) is 2.91. The van der Waals surface area contributed by atoms with E-state index in [1.165, 1.54) is 0 Å². The van der Waals surface area contributed by atoms with E-state index in [4.69, 9.17) is 0 Å². The Labute approximate surface area is 123 Å². The molecule has 1 aromatic heterocycles. The summed E-state index contributed by atoms with van der Waals surface area (Å²) in [5, 5.41) is 4.02. The van der Waals surface area contributed by atoms with Crippen LogP contribution in [0, 0.1) is 5.92 Å². The molecule has 0 saturated carbocycles. The smallest absolute Gasteiger partial charge is 0.224 e. The standard InChI is InChI=1S/C16H19N3O2/c1-19-10-11(6-16(19)21)8-18-15(20)7-12-9-17-14-5-3-2-4-13(12)14/h2-5,9,11,17H,6-8,10H2,1H3,(H,18,20). The van der Waals surface area contributed by atoms with Gasteiger partial charge in [0.2, 0.25) is 11.8 Å². The van der Waals surface area contributed by atoms with Crippen molar-refractivity contribution in [3.8, 4) is 0 Å². The first kappa shape index (κ1) is 13.7. The summed E-state index contributed by atoms with van der Waals surface area (Å²) in [5.74, 6) is 0.391. The Balaban J connectivity index is 1.56. The van der Waals surface area contributed by atoms with Gasteiger partial charge in [-0.1, -0.05) is 18.2 Å². The Bertz CT molecular complexity index is 677. The molecule has 110 valence electrons. The maximum Gasteiger partial charge on any atom is 0.224 e. The SMILES string of the molecule is CN1CC(CNC(=O)Cc2c[nH]c3ccccc23)CC1=O. The van der Waals surface area contributed by atoms with Crippen LogP contribution in [0.2, 0.25) is 0 Å². The van der Waals surface area contributed by atoms with Crippen LogP contribution in [-0.4, -0.2) is 41.8 Å². The van der Waals surface area contributed by atoms with E-state index < -0.39 is 0 Å². The Morgan fingerprint density at radius 1 is 1.43 bits per heavy atom. The zero-order valence-corrected chi connectivity index (χ0v) is 12.1. The van der Waals surface area contributed by atoms with Crippen LogP contribution in [-0.2, 0) is 16.0 Å². The summed E-state index contributed by atoms with van der Waals surface area (Å²) in [6.07, 6.45) is 2.78. The molecule has 3 rings (SSSR count). The van der Waals surface area contributed by atoms with Crippen molar-refractivity contribution in [2.45, 2.75) is 12.8 Å². The molecule has 2 amide bonds. The number of amides is 2. The third-order valence-corrected chi connectivity index (χ3v) is 4.03. The number of nitrogens with zero attached hydrogens (tertiary/aromatic N) is 1. The highest BCUT2D eigenvalue weighted by Gasteiger charge is 2.26. The number of hydrogen-bond acceptors (Lipinski definition) is 2. The van der Waals surface area contributed by atoms with Crippen molar-refractivity contribution in [2.75, 3.05) is 20.1 Å². The minimum absolute atomic E-state index is 0.00163. The van der Waals surface area contributed by atoms with Crippen molar-refractivity contribution in [3.05, 3.63) is 36.0 Å². The Morgan fingerprint density at radius 3 is 3.00 bits per heavy atom. The van der Waals surface area contributed by atoms with E-state index in [-0.39, 0.29) is 17.7 Å². The number of likely N-dealkylation sites (tertiary alicyclic amines) is 1. The highest BCUT2D eigenvalue weighted by atomic mass is 16.2. The van der Waals surface area contributed by atoms with Gasteiger partial charge in [0.1, 0.15) is 0 Å². The lowest BCUT2D eigenvalue weighted by Crippen LogP contribution is -2.31. The number of carbonyl (C=O) groups excluding carboxylic acids is 2. The topological polar surface area (TPSA) is 65.2 Å². The number of aromatic amines is 1. The number of H-pyrrole nitrogens is 1. The van der Waals surface area contributed by atoms with Crippen molar-refractivity contribution in [1.82, 2.24) is 15.2 Å². The molecule has 1 saturated heterocycles. The summed E-state index contributed by atoms with van der Waals surface area (Å²) in [7, 11) is 1.80. The molecule has 2 aromatic rings. The summed E-state index contributed by atoms with van der Waals surface area (Å²) in [4.78, 5) is 28.4. The molecular weight excluding hydrogens is 266 g/mol. The van der Waals surface area contributed by atoms with Crippen LogP contribution in [0.4, 0.5) is 0 Å². The first-order valence-electron chi connectivity index (χ1n) is 7.19. The number of rotatable bonds is 4. The average Bonchev–Trinajstić information content (AvgIpc) is 3.02. The number of nitrogens with one attached hydrogen (secondary N) is 2. The van der Waals surface area contributed by atoms with Crippen LogP contribution < -0.4 is 5.32 Å². The molecule has 21 heavy (non-hydrogen) atoms. The molecule has 5 nitrogen and oxygen atoms in total. The summed E-state index contributed by atoms with van der Waals surface area (Å²) < 4.78 is 0. The minimum atomic E-state index is 0.00163. The van der Waals surface area contributed by atoms with Gasteiger partial charge in [-0.15, -0.1) is 0 Å². The van der Waals surface area contributed by atoms with Crippen LogP contribution in [0.1, 0.15) is 12.0 Å². The molecule has 0 bridgehead atoms. The normalized spacial score (nSPS) is 18.4. The number of para-hydroxylation sites is 1. The second kappa shape index (κ2) is 5.60. The maximum absolute atomic E-state index is 12.1. The molecule has 1 aliphatic rings. The van der Waals surface area contributed by atoms with Crippen LogP contribution in [0.25, 0.3) is 10.9 Å². The van der Waals surface area contributed by atoms with Crippen molar-refractivity contribution in [2.24, 2.45) is 5.92 Å². The van der Waals surface area contributed by atoms with Gasteiger partial charge in [-0.25, -0.2) is 0 Å². The van der Waals surface area contributed by atoms with E-state index in [1.54, 1.807) is 11.9 Å². The van der Waals surface area contributed by atoms with Gasteiger partial charge < -0.3 is 15.2 Å². The van der Waals surface area contributed by atoms with Gasteiger partial charge in [-0.3, -0.25) is 9.59 Å². The maximum atomic E-state index is 12.1. The average molecular weight is 285 g/mol. The molecule has 0 aliphatic carbocycles. The summed E-state index contributed by atoms with van der Waals surface area (Å²) in [5.41, 5.74) is 2.05. The molecule has 0 spiro atoms. The molecule has 0 radical (unpaired) electrons. The van der Waals surface area contributed by atoms with Gasteiger partial charge in [-0.05, 0) is 11.6 Å². The van der Waals surface area contributed by atoms with E-state index in [2.05, 4.69) is 10.3 Å². The molecule has 1 aliphatic heterocycles. The molecule has 2 N–H and O–H groups in total. The number of fused-ring (bicyclic) bond motifs is 1. The molecule has 5 heteroatoms. The molecule has 1 fully saturated rings. The van der Waals surface area contributed by atoms with Crippen molar-refractivity contribution in [1.29, 1.82) is 0 Å². The predicted molar refractivity (Wildman–Crippen MR) is 80.8 cm³/mol. The van der Waals surface area contributed by atoms with Crippen molar-refractivity contribution in [3.63, 3.8) is 0 Å². The molecule has 1 unspecified atom stereocenters. The Hall–Kier alpha value is -2.30. The second-order valence-electron chi connectivity index (χ2n) is 5.68. The first-order chi connectivity index (χ1) is 10.1. The second-order valence-corrected chi connectivity index (χ2v) is 5.68. The van der Waals surface area contributed by atoms with Gasteiger partial charge in [0.05, 0.1) is 6.42 Å². The molecule has 2 heterocycles.